The second-order valence-corrected chi connectivity index (χ2v) is 4.15. The molecule has 2 rings (SSSR count). The fourth-order valence-corrected chi connectivity index (χ4v) is 1.87. The molecule has 0 heterocycles. The highest BCUT2D eigenvalue weighted by atomic mass is 35.5. The van der Waals surface area contributed by atoms with E-state index in [-0.39, 0.29) is 5.56 Å². The largest absolute Gasteiger partial charge is 0.508 e. The van der Waals surface area contributed by atoms with Gasteiger partial charge in [-0.15, -0.1) is 0 Å². The maximum absolute atomic E-state index is 12.6. The van der Waals surface area contributed by atoms with Crippen LogP contribution in [0.3, 0.4) is 0 Å². The summed E-state index contributed by atoms with van der Waals surface area (Å²) in [6, 6.07) is 9.40. The first-order valence-electron chi connectivity index (χ1n) is 5.04. The van der Waals surface area contributed by atoms with Gasteiger partial charge in [-0.3, -0.25) is 0 Å². The molecule has 1 nitrogen and oxygen atoms in total. The second-order valence-electron chi connectivity index (χ2n) is 3.75. The number of halogens is 4. The van der Waals surface area contributed by atoms with E-state index in [0.29, 0.717) is 16.7 Å². The molecule has 5 heteroatoms. The number of hydrogen-bond acceptors (Lipinski definition) is 1. The molecule has 18 heavy (non-hydrogen) atoms. The average molecular weight is 273 g/mol. The van der Waals surface area contributed by atoms with Crippen LogP contribution in [0.15, 0.2) is 42.5 Å². The van der Waals surface area contributed by atoms with Gasteiger partial charge in [-0.25, -0.2) is 0 Å². The lowest BCUT2D eigenvalue weighted by molar-refractivity contribution is -0.137. The van der Waals surface area contributed by atoms with E-state index in [2.05, 4.69) is 0 Å². The van der Waals surface area contributed by atoms with Gasteiger partial charge in [-0.05, 0) is 29.8 Å². The van der Waals surface area contributed by atoms with Crippen molar-refractivity contribution in [3.63, 3.8) is 0 Å². The quantitative estimate of drug-likeness (QED) is 0.795. The fourth-order valence-electron chi connectivity index (χ4n) is 1.63. The highest BCUT2D eigenvalue weighted by Gasteiger charge is 2.31. The molecule has 0 saturated carbocycles. The van der Waals surface area contributed by atoms with Gasteiger partial charge < -0.3 is 5.11 Å². The molecule has 2 aromatic rings. The van der Waals surface area contributed by atoms with Crippen LogP contribution in [0.1, 0.15) is 5.56 Å². The van der Waals surface area contributed by atoms with Gasteiger partial charge in [0.2, 0.25) is 0 Å². The molecule has 0 atom stereocenters. The van der Waals surface area contributed by atoms with Crippen molar-refractivity contribution in [2.75, 3.05) is 0 Å². The Morgan fingerprint density at radius 2 is 1.67 bits per heavy atom. The molecule has 94 valence electrons. The maximum Gasteiger partial charge on any atom is 0.416 e. The number of aromatic hydroxyl groups is 1. The van der Waals surface area contributed by atoms with E-state index in [1.807, 2.05) is 0 Å². The third-order valence-corrected chi connectivity index (χ3v) is 2.76. The SMILES string of the molecule is Oc1cc(-c2ccccc2Cl)cc(C(F)(F)F)c1. The molecule has 0 aliphatic heterocycles. The summed E-state index contributed by atoms with van der Waals surface area (Å²) in [5.41, 5.74) is -0.231. The number of hydrogen-bond donors (Lipinski definition) is 1. The minimum absolute atomic E-state index is 0.230. The van der Waals surface area contributed by atoms with Gasteiger partial charge in [0, 0.05) is 10.6 Å². The van der Waals surface area contributed by atoms with Crippen LogP contribution >= 0.6 is 11.6 Å². The first-order valence-corrected chi connectivity index (χ1v) is 5.42. The average Bonchev–Trinajstić information content (AvgIpc) is 2.27. The molecular formula is C13H8ClF3O. The summed E-state index contributed by atoms with van der Waals surface area (Å²) in [6.07, 6.45) is -4.51. The van der Waals surface area contributed by atoms with Crippen molar-refractivity contribution in [3.05, 3.63) is 53.1 Å². The summed E-state index contributed by atoms with van der Waals surface area (Å²) in [7, 11) is 0. The lowest BCUT2D eigenvalue weighted by Crippen LogP contribution is -2.04. The third kappa shape index (κ3) is 2.59. The minimum atomic E-state index is -4.51. The first-order chi connectivity index (χ1) is 8.38. The summed E-state index contributed by atoms with van der Waals surface area (Å²) in [4.78, 5) is 0. The fraction of sp³-hybridized carbons (Fsp3) is 0.0769. The Kier molecular flexibility index (Phi) is 3.22. The predicted octanol–water partition coefficient (Wildman–Crippen LogP) is 4.73. The van der Waals surface area contributed by atoms with Crippen LogP contribution in [-0.2, 0) is 6.18 Å². The van der Waals surface area contributed by atoms with Crippen molar-refractivity contribution >= 4 is 11.6 Å². The smallest absolute Gasteiger partial charge is 0.416 e. The zero-order valence-electron chi connectivity index (χ0n) is 9.00. The summed E-state index contributed by atoms with van der Waals surface area (Å²) >= 11 is 5.91. The molecule has 0 unspecified atom stereocenters. The number of alkyl halides is 3. The van der Waals surface area contributed by atoms with E-state index in [9.17, 15) is 18.3 Å². The van der Waals surface area contributed by atoms with E-state index in [0.717, 1.165) is 6.07 Å². The Labute approximate surface area is 106 Å². The van der Waals surface area contributed by atoms with Crippen molar-refractivity contribution in [3.8, 4) is 16.9 Å². The Morgan fingerprint density at radius 1 is 1.00 bits per heavy atom. The lowest BCUT2D eigenvalue weighted by atomic mass is 10.0. The summed E-state index contributed by atoms with van der Waals surface area (Å²) in [6.45, 7) is 0. The molecule has 0 spiro atoms. The van der Waals surface area contributed by atoms with Crippen molar-refractivity contribution in [1.82, 2.24) is 0 Å². The normalized spacial score (nSPS) is 11.6. The van der Waals surface area contributed by atoms with Gasteiger partial charge >= 0.3 is 6.18 Å². The summed E-state index contributed by atoms with van der Waals surface area (Å²) in [5, 5.41) is 9.70. The summed E-state index contributed by atoms with van der Waals surface area (Å²) < 4.78 is 37.9. The van der Waals surface area contributed by atoms with Crippen molar-refractivity contribution in [2.45, 2.75) is 6.18 Å². The Balaban J connectivity index is 2.60. The van der Waals surface area contributed by atoms with Crippen LogP contribution in [0.4, 0.5) is 13.2 Å². The standard InChI is InChI=1S/C13H8ClF3O/c14-12-4-2-1-3-11(12)8-5-9(13(15,16)17)7-10(18)6-8/h1-7,18H. The van der Waals surface area contributed by atoms with Crippen LogP contribution < -0.4 is 0 Å². The molecule has 0 bridgehead atoms. The highest BCUT2D eigenvalue weighted by molar-refractivity contribution is 6.33. The molecular weight excluding hydrogens is 265 g/mol. The number of benzene rings is 2. The topological polar surface area (TPSA) is 20.2 Å². The van der Waals surface area contributed by atoms with E-state index in [1.165, 1.54) is 6.07 Å². The van der Waals surface area contributed by atoms with E-state index < -0.39 is 17.5 Å². The Morgan fingerprint density at radius 3 is 2.28 bits per heavy atom. The third-order valence-electron chi connectivity index (χ3n) is 2.43. The lowest BCUT2D eigenvalue weighted by Gasteiger charge is -2.11. The maximum atomic E-state index is 12.6. The Hall–Kier alpha value is -1.68. The zero-order valence-corrected chi connectivity index (χ0v) is 9.76. The van der Waals surface area contributed by atoms with Gasteiger partial charge in [-0.2, -0.15) is 13.2 Å². The molecule has 0 aromatic heterocycles. The number of phenols is 1. The van der Waals surface area contributed by atoms with E-state index in [4.69, 9.17) is 11.6 Å². The van der Waals surface area contributed by atoms with Gasteiger partial charge in [-0.1, -0.05) is 29.8 Å². The summed E-state index contributed by atoms with van der Waals surface area (Å²) in [5.74, 6) is -0.445. The number of rotatable bonds is 1. The predicted molar refractivity (Wildman–Crippen MR) is 63.6 cm³/mol. The molecule has 2 aromatic carbocycles. The Bertz CT molecular complexity index is 579. The van der Waals surface area contributed by atoms with Crippen LogP contribution in [0.2, 0.25) is 5.02 Å². The minimum Gasteiger partial charge on any atom is -0.508 e. The van der Waals surface area contributed by atoms with Gasteiger partial charge in [0.15, 0.2) is 0 Å². The molecule has 0 aliphatic carbocycles. The van der Waals surface area contributed by atoms with E-state index >= 15 is 0 Å². The number of phenolic OH excluding ortho intramolecular Hbond substituents is 1. The highest BCUT2D eigenvalue weighted by Crippen LogP contribution is 2.36. The van der Waals surface area contributed by atoms with Crippen LogP contribution in [0.5, 0.6) is 5.75 Å². The molecule has 0 saturated heterocycles. The van der Waals surface area contributed by atoms with Crippen molar-refractivity contribution in [2.24, 2.45) is 0 Å². The van der Waals surface area contributed by atoms with Crippen LogP contribution in [0.25, 0.3) is 11.1 Å². The van der Waals surface area contributed by atoms with Crippen LogP contribution in [-0.4, -0.2) is 5.11 Å². The van der Waals surface area contributed by atoms with E-state index in [1.54, 1.807) is 24.3 Å². The van der Waals surface area contributed by atoms with Gasteiger partial charge in [0.25, 0.3) is 0 Å². The van der Waals surface area contributed by atoms with Crippen LogP contribution in [0, 0.1) is 0 Å². The first kappa shape index (κ1) is 12.8. The van der Waals surface area contributed by atoms with Crippen molar-refractivity contribution < 1.29 is 18.3 Å². The van der Waals surface area contributed by atoms with Gasteiger partial charge in [0.05, 0.1) is 5.56 Å². The zero-order chi connectivity index (χ0) is 13.3. The van der Waals surface area contributed by atoms with Gasteiger partial charge in [0.1, 0.15) is 5.75 Å². The molecule has 0 aliphatic rings. The molecule has 1 N–H and O–H groups in total. The molecule has 0 fully saturated rings. The second kappa shape index (κ2) is 4.53. The molecule has 0 amide bonds. The monoisotopic (exact) mass is 272 g/mol. The molecule has 0 radical (unpaired) electrons. The van der Waals surface area contributed by atoms with Crippen molar-refractivity contribution in [1.29, 1.82) is 0 Å².